The SMILES string of the molecule is O=C(NC1Cc2ccccc2C1)c1ncccc1O. The molecular formula is C15H14N2O2. The molecule has 96 valence electrons. The molecular weight excluding hydrogens is 240 g/mol. The number of hydrogen-bond acceptors (Lipinski definition) is 3. The summed E-state index contributed by atoms with van der Waals surface area (Å²) in [4.78, 5) is 15.9. The normalized spacial score (nSPS) is 14.1. The molecule has 0 saturated carbocycles. The van der Waals surface area contributed by atoms with Crippen LogP contribution in [0.4, 0.5) is 0 Å². The Hall–Kier alpha value is -2.36. The van der Waals surface area contributed by atoms with Gasteiger partial charge in [0.2, 0.25) is 0 Å². The van der Waals surface area contributed by atoms with Gasteiger partial charge in [0.15, 0.2) is 5.69 Å². The number of fused-ring (bicyclic) bond motifs is 1. The maximum absolute atomic E-state index is 12.0. The van der Waals surface area contributed by atoms with Crippen LogP contribution in [0.3, 0.4) is 0 Å². The van der Waals surface area contributed by atoms with E-state index in [-0.39, 0.29) is 23.4 Å². The molecule has 0 saturated heterocycles. The fraction of sp³-hybridized carbons (Fsp3) is 0.200. The van der Waals surface area contributed by atoms with Gasteiger partial charge < -0.3 is 10.4 Å². The predicted octanol–water partition coefficient (Wildman–Crippen LogP) is 1.68. The van der Waals surface area contributed by atoms with E-state index in [0.717, 1.165) is 12.8 Å². The molecule has 1 amide bonds. The summed E-state index contributed by atoms with van der Waals surface area (Å²) in [7, 11) is 0. The molecule has 0 unspecified atom stereocenters. The lowest BCUT2D eigenvalue weighted by molar-refractivity contribution is 0.0930. The van der Waals surface area contributed by atoms with Gasteiger partial charge in [-0.05, 0) is 36.1 Å². The van der Waals surface area contributed by atoms with Crippen LogP contribution < -0.4 is 5.32 Å². The molecule has 3 rings (SSSR count). The van der Waals surface area contributed by atoms with Crippen LogP contribution in [0.2, 0.25) is 0 Å². The number of rotatable bonds is 2. The number of aromatic nitrogens is 1. The smallest absolute Gasteiger partial charge is 0.273 e. The minimum Gasteiger partial charge on any atom is -0.505 e. The number of nitrogens with zero attached hydrogens (tertiary/aromatic N) is 1. The van der Waals surface area contributed by atoms with E-state index in [1.807, 2.05) is 12.1 Å². The first-order chi connectivity index (χ1) is 9.24. The molecule has 0 aliphatic heterocycles. The molecule has 0 fully saturated rings. The fourth-order valence-electron chi connectivity index (χ4n) is 2.49. The van der Waals surface area contributed by atoms with Gasteiger partial charge in [-0.3, -0.25) is 4.79 Å². The van der Waals surface area contributed by atoms with Gasteiger partial charge in [0.05, 0.1) is 0 Å². The molecule has 0 bridgehead atoms. The zero-order chi connectivity index (χ0) is 13.2. The summed E-state index contributed by atoms with van der Waals surface area (Å²) in [5.74, 6) is -0.411. The van der Waals surface area contributed by atoms with Crippen molar-refractivity contribution in [1.29, 1.82) is 0 Å². The highest BCUT2D eigenvalue weighted by Gasteiger charge is 2.24. The van der Waals surface area contributed by atoms with Gasteiger partial charge in [0.25, 0.3) is 5.91 Å². The predicted molar refractivity (Wildman–Crippen MR) is 71.0 cm³/mol. The van der Waals surface area contributed by atoms with Crippen LogP contribution in [0.1, 0.15) is 21.6 Å². The van der Waals surface area contributed by atoms with Gasteiger partial charge in [0, 0.05) is 12.2 Å². The van der Waals surface area contributed by atoms with Crippen molar-refractivity contribution in [1.82, 2.24) is 10.3 Å². The highest BCUT2D eigenvalue weighted by molar-refractivity contribution is 5.95. The molecule has 2 aromatic rings. The van der Waals surface area contributed by atoms with Crippen molar-refractivity contribution >= 4 is 5.91 Å². The first kappa shape index (κ1) is 11.7. The molecule has 0 atom stereocenters. The minimum absolute atomic E-state index is 0.0753. The standard InChI is InChI=1S/C15H14N2O2/c18-13-6-3-7-16-14(13)15(19)17-12-8-10-4-1-2-5-11(10)9-12/h1-7,12,18H,8-9H2,(H,17,19). The first-order valence-corrected chi connectivity index (χ1v) is 6.25. The zero-order valence-electron chi connectivity index (χ0n) is 10.3. The third-order valence-corrected chi connectivity index (χ3v) is 3.39. The van der Waals surface area contributed by atoms with Crippen molar-refractivity contribution in [2.24, 2.45) is 0 Å². The molecule has 1 aromatic heterocycles. The van der Waals surface area contributed by atoms with Crippen molar-refractivity contribution < 1.29 is 9.90 Å². The second-order valence-corrected chi connectivity index (χ2v) is 4.72. The number of nitrogens with one attached hydrogen (secondary N) is 1. The monoisotopic (exact) mass is 254 g/mol. The molecule has 19 heavy (non-hydrogen) atoms. The van der Waals surface area contributed by atoms with Gasteiger partial charge in [0.1, 0.15) is 5.75 Å². The average molecular weight is 254 g/mol. The van der Waals surface area contributed by atoms with E-state index in [9.17, 15) is 9.90 Å². The third-order valence-electron chi connectivity index (χ3n) is 3.39. The Morgan fingerprint density at radius 2 is 1.84 bits per heavy atom. The highest BCUT2D eigenvalue weighted by atomic mass is 16.3. The minimum atomic E-state index is -0.323. The highest BCUT2D eigenvalue weighted by Crippen LogP contribution is 2.22. The molecule has 4 nitrogen and oxygen atoms in total. The van der Waals surface area contributed by atoms with Crippen molar-refractivity contribution in [3.8, 4) is 5.75 Å². The second-order valence-electron chi connectivity index (χ2n) is 4.72. The van der Waals surface area contributed by atoms with E-state index >= 15 is 0 Å². The summed E-state index contributed by atoms with van der Waals surface area (Å²) in [5.41, 5.74) is 2.63. The Labute approximate surface area is 111 Å². The third kappa shape index (κ3) is 2.29. The maximum Gasteiger partial charge on any atom is 0.273 e. The summed E-state index contributed by atoms with van der Waals surface area (Å²) in [6.07, 6.45) is 3.16. The lowest BCUT2D eigenvalue weighted by Gasteiger charge is -2.12. The number of benzene rings is 1. The van der Waals surface area contributed by atoms with Crippen LogP contribution in [-0.4, -0.2) is 22.0 Å². The Balaban J connectivity index is 1.71. The van der Waals surface area contributed by atoms with Gasteiger partial charge in [-0.25, -0.2) is 4.98 Å². The molecule has 1 aromatic carbocycles. The quantitative estimate of drug-likeness (QED) is 0.857. The zero-order valence-corrected chi connectivity index (χ0v) is 10.3. The summed E-state index contributed by atoms with van der Waals surface area (Å²) < 4.78 is 0. The molecule has 1 aliphatic carbocycles. The van der Waals surface area contributed by atoms with Gasteiger partial charge in [-0.2, -0.15) is 0 Å². The van der Waals surface area contributed by atoms with Crippen molar-refractivity contribution in [2.45, 2.75) is 18.9 Å². The maximum atomic E-state index is 12.0. The average Bonchev–Trinajstić information content (AvgIpc) is 2.81. The Bertz CT molecular complexity index is 600. The summed E-state index contributed by atoms with van der Waals surface area (Å²) in [6.45, 7) is 0. The lowest BCUT2D eigenvalue weighted by Crippen LogP contribution is -2.35. The van der Waals surface area contributed by atoms with E-state index < -0.39 is 0 Å². The van der Waals surface area contributed by atoms with E-state index in [1.165, 1.54) is 23.4 Å². The summed E-state index contributed by atoms with van der Waals surface area (Å²) in [6, 6.07) is 11.3. The van der Waals surface area contributed by atoms with E-state index in [1.54, 1.807) is 6.07 Å². The number of amides is 1. The summed E-state index contributed by atoms with van der Waals surface area (Å²) in [5, 5.41) is 12.5. The first-order valence-electron chi connectivity index (χ1n) is 6.25. The van der Waals surface area contributed by atoms with Gasteiger partial charge in [-0.15, -0.1) is 0 Å². The summed E-state index contributed by atoms with van der Waals surface area (Å²) >= 11 is 0. The van der Waals surface area contributed by atoms with E-state index in [4.69, 9.17) is 0 Å². The van der Waals surface area contributed by atoms with Crippen LogP contribution in [0.5, 0.6) is 5.75 Å². The lowest BCUT2D eigenvalue weighted by atomic mass is 10.1. The van der Waals surface area contributed by atoms with Crippen LogP contribution in [0.25, 0.3) is 0 Å². The molecule has 1 heterocycles. The van der Waals surface area contributed by atoms with Gasteiger partial charge >= 0.3 is 0 Å². The Morgan fingerprint density at radius 1 is 1.16 bits per heavy atom. The number of carbonyl (C=O) groups is 1. The molecule has 2 N–H and O–H groups in total. The molecule has 0 spiro atoms. The Morgan fingerprint density at radius 3 is 2.47 bits per heavy atom. The fourth-order valence-corrected chi connectivity index (χ4v) is 2.49. The van der Waals surface area contributed by atoms with E-state index in [2.05, 4.69) is 22.4 Å². The van der Waals surface area contributed by atoms with Crippen LogP contribution in [-0.2, 0) is 12.8 Å². The Kier molecular flexibility index (Phi) is 2.91. The second kappa shape index (κ2) is 4.72. The molecule has 1 aliphatic rings. The van der Waals surface area contributed by atoms with Crippen LogP contribution in [0, 0.1) is 0 Å². The number of hydrogen-bond donors (Lipinski definition) is 2. The number of aromatic hydroxyl groups is 1. The van der Waals surface area contributed by atoms with Crippen LogP contribution in [0.15, 0.2) is 42.6 Å². The number of carbonyl (C=O) groups excluding carboxylic acids is 1. The molecule has 0 radical (unpaired) electrons. The number of pyridine rings is 1. The topological polar surface area (TPSA) is 62.2 Å². The van der Waals surface area contributed by atoms with E-state index in [0.29, 0.717) is 0 Å². The van der Waals surface area contributed by atoms with Crippen LogP contribution >= 0.6 is 0 Å². The van der Waals surface area contributed by atoms with Crippen molar-refractivity contribution in [3.05, 3.63) is 59.4 Å². The van der Waals surface area contributed by atoms with Crippen molar-refractivity contribution in [2.75, 3.05) is 0 Å². The van der Waals surface area contributed by atoms with Crippen molar-refractivity contribution in [3.63, 3.8) is 0 Å². The van der Waals surface area contributed by atoms with Gasteiger partial charge in [-0.1, -0.05) is 24.3 Å². The molecule has 4 heteroatoms. The largest absolute Gasteiger partial charge is 0.505 e.